The lowest BCUT2D eigenvalue weighted by molar-refractivity contribution is -0.140. The van der Waals surface area contributed by atoms with Gasteiger partial charge in [0, 0.05) is 11.0 Å². The van der Waals surface area contributed by atoms with Crippen molar-refractivity contribution in [3.63, 3.8) is 0 Å². The number of aryl methyl sites for hydroxylation is 1. The van der Waals surface area contributed by atoms with Gasteiger partial charge in [0.25, 0.3) is 0 Å². The molecule has 6 heteroatoms. The fourth-order valence-corrected chi connectivity index (χ4v) is 3.12. The van der Waals surface area contributed by atoms with Crippen LogP contribution in [0, 0.1) is 12.8 Å². The summed E-state index contributed by atoms with van der Waals surface area (Å²) in [5, 5.41) is 12.4. The van der Waals surface area contributed by atoms with Crippen LogP contribution in [-0.2, 0) is 17.9 Å². The largest absolute Gasteiger partial charge is 0.493 e. The summed E-state index contributed by atoms with van der Waals surface area (Å²) in [4.78, 5) is 11.3. The van der Waals surface area contributed by atoms with E-state index in [2.05, 4.69) is 21.2 Å². The third-order valence-electron chi connectivity index (χ3n) is 4.29. The standard InChI is InChI=1S/C21H26BrNO4/c1-13(2)20(21(24)25)23-11-16-9-18(26-4)19(10-17(16)22)27-12-15-7-5-14(3)6-8-15/h5-10,13,20,23H,11-12H2,1-4H3,(H,24,25). The van der Waals surface area contributed by atoms with Crippen LogP contribution < -0.4 is 14.8 Å². The van der Waals surface area contributed by atoms with Crippen LogP contribution in [0.5, 0.6) is 11.5 Å². The number of aliphatic carboxylic acids is 1. The fraction of sp³-hybridized carbons (Fsp3) is 0.381. The number of hydrogen-bond donors (Lipinski definition) is 2. The maximum absolute atomic E-state index is 11.3. The van der Waals surface area contributed by atoms with Crippen molar-refractivity contribution >= 4 is 21.9 Å². The Balaban J connectivity index is 2.11. The highest BCUT2D eigenvalue weighted by Gasteiger charge is 2.21. The Morgan fingerprint density at radius 2 is 1.85 bits per heavy atom. The molecule has 0 aliphatic carbocycles. The monoisotopic (exact) mass is 435 g/mol. The molecular formula is C21H26BrNO4. The first-order valence-electron chi connectivity index (χ1n) is 8.82. The minimum Gasteiger partial charge on any atom is -0.493 e. The molecule has 0 saturated heterocycles. The molecule has 5 nitrogen and oxygen atoms in total. The molecule has 27 heavy (non-hydrogen) atoms. The molecule has 0 aliphatic heterocycles. The summed E-state index contributed by atoms with van der Waals surface area (Å²) in [6.45, 7) is 6.65. The van der Waals surface area contributed by atoms with Crippen molar-refractivity contribution in [3.8, 4) is 11.5 Å². The molecule has 0 heterocycles. The highest BCUT2D eigenvalue weighted by Crippen LogP contribution is 2.34. The first-order chi connectivity index (χ1) is 12.8. The second kappa shape index (κ2) is 9.76. The van der Waals surface area contributed by atoms with E-state index in [-0.39, 0.29) is 5.92 Å². The van der Waals surface area contributed by atoms with Gasteiger partial charge in [0.1, 0.15) is 12.6 Å². The van der Waals surface area contributed by atoms with Gasteiger partial charge in [-0.15, -0.1) is 0 Å². The number of rotatable bonds is 9. The zero-order valence-electron chi connectivity index (χ0n) is 16.1. The van der Waals surface area contributed by atoms with Gasteiger partial charge in [0.05, 0.1) is 7.11 Å². The van der Waals surface area contributed by atoms with E-state index in [1.807, 2.05) is 57.2 Å². The zero-order chi connectivity index (χ0) is 20.0. The van der Waals surface area contributed by atoms with E-state index in [4.69, 9.17) is 9.47 Å². The van der Waals surface area contributed by atoms with Crippen LogP contribution in [0.2, 0.25) is 0 Å². The highest BCUT2D eigenvalue weighted by atomic mass is 79.9. The Morgan fingerprint density at radius 1 is 1.19 bits per heavy atom. The highest BCUT2D eigenvalue weighted by molar-refractivity contribution is 9.10. The molecule has 0 bridgehead atoms. The van der Waals surface area contributed by atoms with Crippen molar-refractivity contribution < 1.29 is 19.4 Å². The van der Waals surface area contributed by atoms with Gasteiger partial charge < -0.3 is 19.9 Å². The lowest BCUT2D eigenvalue weighted by Crippen LogP contribution is -2.40. The minimum absolute atomic E-state index is 0.0136. The SMILES string of the molecule is COc1cc(CNC(C(=O)O)C(C)C)c(Br)cc1OCc1ccc(C)cc1. The van der Waals surface area contributed by atoms with Crippen LogP contribution in [-0.4, -0.2) is 24.2 Å². The van der Waals surface area contributed by atoms with E-state index in [0.717, 1.165) is 15.6 Å². The second-order valence-electron chi connectivity index (χ2n) is 6.81. The van der Waals surface area contributed by atoms with E-state index in [1.165, 1.54) is 5.56 Å². The summed E-state index contributed by atoms with van der Waals surface area (Å²) in [5.41, 5.74) is 3.18. The molecule has 2 aromatic carbocycles. The summed E-state index contributed by atoms with van der Waals surface area (Å²) in [7, 11) is 1.59. The van der Waals surface area contributed by atoms with Crippen LogP contribution >= 0.6 is 15.9 Å². The topological polar surface area (TPSA) is 67.8 Å². The maximum atomic E-state index is 11.3. The molecule has 1 atom stereocenters. The van der Waals surface area contributed by atoms with E-state index >= 15 is 0 Å². The number of methoxy groups -OCH3 is 1. The average molecular weight is 436 g/mol. The number of halogens is 1. The van der Waals surface area contributed by atoms with Gasteiger partial charge in [-0.05, 0) is 36.1 Å². The summed E-state index contributed by atoms with van der Waals surface area (Å²) >= 11 is 3.55. The second-order valence-corrected chi connectivity index (χ2v) is 7.66. The molecule has 2 aromatic rings. The molecule has 0 fully saturated rings. The van der Waals surface area contributed by atoms with E-state index < -0.39 is 12.0 Å². The molecule has 0 aromatic heterocycles. The van der Waals surface area contributed by atoms with Gasteiger partial charge in [-0.1, -0.05) is 59.6 Å². The maximum Gasteiger partial charge on any atom is 0.320 e. The Bertz CT molecular complexity index is 774. The summed E-state index contributed by atoms with van der Waals surface area (Å²) in [6, 6.07) is 11.3. The predicted molar refractivity (Wildman–Crippen MR) is 109 cm³/mol. The van der Waals surface area contributed by atoms with Gasteiger partial charge in [-0.2, -0.15) is 0 Å². The van der Waals surface area contributed by atoms with Crippen LogP contribution in [0.3, 0.4) is 0 Å². The van der Waals surface area contributed by atoms with Crippen molar-refractivity contribution in [2.24, 2.45) is 5.92 Å². The zero-order valence-corrected chi connectivity index (χ0v) is 17.7. The Hall–Kier alpha value is -2.05. The molecule has 0 saturated carbocycles. The first kappa shape index (κ1) is 21.3. The van der Waals surface area contributed by atoms with Crippen molar-refractivity contribution in [1.29, 1.82) is 0 Å². The van der Waals surface area contributed by atoms with Gasteiger partial charge in [-0.25, -0.2) is 0 Å². The van der Waals surface area contributed by atoms with E-state index in [0.29, 0.717) is 24.7 Å². The van der Waals surface area contributed by atoms with E-state index in [1.54, 1.807) is 7.11 Å². The third kappa shape index (κ3) is 5.97. The Labute approximate surface area is 168 Å². The number of carboxylic acids is 1. The molecule has 0 aliphatic rings. The Kier molecular flexibility index (Phi) is 7.68. The molecule has 2 rings (SSSR count). The Morgan fingerprint density at radius 3 is 2.41 bits per heavy atom. The number of hydrogen-bond acceptors (Lipinski definition) is 4. The molecule has 0 radical (unpaired) electrons. The molecule has 1 unspecified atom stereocenters. The normalized spacial score (nSPS) is 12.1. The average Bonchev–Trinajstić information content (AvgIpc) is 2.62. The summed E-state index contributed by atoms with van der Waals surface area (Å²) < 4.78 is 12.2. The molecule has 2 N–H and O–H groups in total. The number of ether oxygens (including phenoxy) is 2. The lowest BCUT2D eigenvalue weighted by Gasteiger charge is -2.19. The van der Waals surface area contributed by atoms with Gasteiger partial charge in [-0.3, -0.25) is 4.79 Å². The van der Waals surface area contributed by atoms with Crippen LogP contribution in [0.15, 0.2) is 40.9 Å². The van der Waals surface area contributed by atoms with Crippen LogP contribution in [0.25, 0.3) is 0 Å². The number of nitrogens with one attached hydrogen (secondary N) is 1. The van der Waals surface area contributed by atoms with Crippen LogP contribution in [0.4, 0.5) is 0 Å². The van der Waals surface area contributed by atoms with Crippen molar-refractivity contribution in [3.05, 3.63) is 57.6 Å². The molecule has 0 spiro atoms. The number of benzene rings is 2. The third-order valence-corrected chi connectivity index (χ3v) is 5.03. The number of carbonyl (C=O) groups is 1. The van der Waals surface area contributed by atoms with Crippen molar-refractivity contribution in [2.45, 2.75) is 40.0 Å². The van der Waals surface area contributed by atoms with Gasteiger partial charge in [0.2, 0.25) is 0 Å². The van der Waals surface area contributed by atoms with Crippen molar-refractivity contribution in [2.75, 3.05) is 7.11 Å². The predicted octanol–water partition coefficient (Wildman–Crippen LogP) is 4.54. The van der Waals surface area contributed by atoms with Gasteiger partial charge in [0.15, 0.2) is 11.5 Å². The molecule has 146 valence electrons. The smallest absolute Gasteiger partial charge is 0.320 e. The van der Waals surface area contributed by atoms with E-state index in [9.17, 15) is 9.90 Å². The summed E-state index contributed by atoms with van der Waals surface area (Å²) in [5.74, 6) is 0.373. The summed E-state index contributed by atoms with van der Waals surface area (Å²) in [6.07, 6.45) is 0. The molecule has 0 amide bonds. The first-order valence-corrected chi connectivity index (χ1v) is 9.62. The number of carboxylic acid groups (broad SMARTS) is 1. The quantitative estimate of drug-likeness (QED) is 0.604. The fourth-order valence-electron chi connectivity index (χ4n) is 2.66. The minimum atomic E-state index is -0.855. The van der Waals surface area contributed by atoms with Crippen LogP contribution in [0.1, 0.15) is 30.5 Å². The molecular weight excluding hydrogens is 410 g/mol. The lowest BCUT2D eigenvalue weighted by atomic mass is 10.0. The van der Waals surface area contributed by atoms with Crippen molar-refractivity contribution in [1.82, 2.24) is 5.32 Å². The van der Waals surface area contributed by atoms with Gasteiger partial charge >= 0.3 is 5.97 Å².